The molecule has 1 aromatic heterocycles. The Bertz CT molecular complexity index is 888. The lowest BCUT2D eigenvalue weighted by Crippen LogP contribution is -2.43. The molecule has 0 radical (unpaired) electrons. The van der Waals surface area contributed by atoms with E-state index in [-0.39, 0.29) is 35.5 Å². The molecule has 1 aliphatic rings. The van der Waals surface area contributed by atoms with Gasteiger partial charge in [-0.3, -0.25) is 19.0 Å². The second-order valence-electron chi connectivity index (χ2n) is 6.28. The number of aromatic nitrogens is 2. The third-order valence-corrected chi connectivity index (χ3v) is 4.58. The number of benzene rings is 1. The predicted molar refractivity (Wildman–Crippen MR) is 92.4 cm³/mol. The van der Waals surface area contributed by atoms with Crippen molar-refractivity contribution in [2.45, 2.75) is 19.4 Å². The Labute approximate surface area is 149 Å². The molecule has 26 heavy (non-hydrogen) atoms. The van der Waals surface area contributed by atoms with Crippen molar-refractivity contribution < 1.29 is 14.0 Å². The zero-order valence-corrected chi connectivity index (χ0v) is 14.1. The Hall–Kier alpha value is -3.03. The summed E-state index contributed by atoms with van der Waals surface area (Å²) in [6, 6.07) is 7.26. The molecule has 0 bridgehead atoms. The Morgan fingerprint density at radius 2 is 1.92 bits per heavy atom. The topological polar surface area (TPSA) is 98.3 Å². The van der Waals surface area contributed by atoms with E-state index < -0.39 is 11.4 Å². The molecule has 1 fully saturated rings. The maximum absolute atomic E-state index is 13.8. The van der Waals surface area contributed by atoms with Gasteiger partial charge in [-0.2, -0.15) is 0 Å². The van der Waals surface area contributed by atoms with E-state index in [0.717, 1.165) is 0 Å². The lowest BCUT2D eigenvalue weighted by molar-refractivity contribution is -0.135. The van der Waals surface area contributed by atoms with Crippen molar-refractivity contribution in [3.8, 4) is 11.3 Å². The van der Waals surface area contributed by atoms with Crippen molar-refractivity contribution in [2.75, 3.05) is 13.1 Å². The number of amides is 2. The highest BCUT2D eigenvalue weighted by Crippen LogP contribution is 2.19. The molecule has 2 amide bonds. The van der Waals surface area contributed by atoms with Gasteiger partial charge in [-0.1, -0.05) is 12.1 Å². The Morgan fingerprint density at radius 3 is 2.54 bits per heavy atom. The van der Waals surface area contributed by atoms with Crippen molar-refractivity contribution >= 4 is 11.8 Å². The third-order valence-electron chi connectivity index (χ3n) is 4.58. The van der Waals surface area contributed by atoms with Gasteiger partial charge in [-0.25, -0.2) is 9.37 Å². The summed E-state index contributed by atoms with van der Waals surface area (Å²) in [5.74, 6) is -1.24. The van der Waals surface area contributed by atoms with Gasteiger partial charge < -0.3 is 10.6 Å². The summed E-state index contributed by atoms with van der Waals surface area (Å²) in [5.41, 5.74) is 5.30. The van der Waals surface area contributed by atoms with E-state index in [1.165, 1.54) is 29.1 Å². The molecule has 3 rings (SSSR count). The molecule has 0 spiro atoms. The number of hydrogen-bond acceptors (Lipinski definition) is 4. The summed E-state index contributed by atoms with van der Waals surface area (Å²) in [7, 11) is 0. The Balaban J connectivity index is 1.69. The van der Waals surface area contributed by atoms with E-state index in [9.17, 15) is 18.8 Å². The molecule has 8 heteroatoms. The van der Waals surface area contributed by atoms with Gasteiger partial charge in [-0.05, 0) is 25.0 Å². The summed E-state index contributed by atoms with van der Waals surface area (Å²) in [6.07, 6.45) is 2.30. The van der Waals surface area contributed by atoms with E-state index >= 15 is 0 Å². The van der Waals surface area contributed by atoms with Crippen LogP contribution >= 0.6 is 0 Å². The highest BCUT2D eigenvalue weighted by atomic mass is 19.1. The predicted octanol–water partition coefficient (Wildman–Crippen LogP) is 0.773. The van der Waals surface area contributed by atoms with Crippen molar-refractivity contribution in [3.05, 3.63) is 52.8 Å². The second kappa shape index (κ2) is 7.47. The number of piperidine rings is 1. The van der Waals surface area contributed by atoms with Crippen LogP contribution in [-0.4, -0.2) is 39.4 Å². The lowest BCUT2D eigenvalue weighted by Gasteiger charge is -2.30. The van der Waals surface area contributed by atoms with E-state index in [4.69, 9.17) is 5.73 Å². The summed E-state index contributed by atoms with van der Waals surface area (Å²) in [5, 5.41) is 0. The van der Waals surface area contributed by atoms with Gasteiger partial charge in [0.2, 0.25) is 11.8 Å². The zero-order valence-electron chi connectivity index (χ0n) is 14.1. The normalized spacial score (nSPS) is 15.0. The van der Waals surface area contributed by atoms with E-state index in [2.05, 4.69) is 4.98 Å². The first-order chi connectivity index (χ1) is 12.5. The molecule has 1 aromatic carbocycles. The third kappa shape index (κ3) is 3.79. The van der Waals surface area contributed by atoms with E-state index in [0.29, 0.717) is 25.9 Å². The summed E-state index contributed by atoms with van der Waals surface area (Å²) < 4.78 is 15.0. The fourth-order valence-corrected chi connectivity index (χ4v) is 3.02. The van der Waals surface area contributed by atoms with Gasteiger partial charge in [0, 0.05) is 30.6 Å². The van der Waals surface area contributed by atoms with Crippen LogP contribution < -0.4 is 11.3 Å². The van der Waals surface area contributed by atoms with Crippen molar-refractivity contribution in [1.82, 2.24) is 14.5 Å². The van der Waals surface area contributed by atoms with E-state index in [1.54, 1.807) is 17.0 Å². The largest absolute Gasteiger partial charge is 0.369 e. The summed E-state index contributed by atoms with van der Waals surface area (Å²) in [6.45, 7) is 0.717. The average Bonchev–Trinajstić information content (AvgIpc) is 2.64. The molecule has 0 aliphatic carbocycles. The zero-order chi connectivity index (χ0) is 18.7. The molecule has 0 saturated carbocycles. The molecule has 2 N–H and O–H groups in total. The number of hydrogen-bond donors (Lipinski definition) is 1. The number of carbonyl (C=O) groups is 2. The van der Waals surface area contributed by atoms with Gasteiger partial charge >= 0.3 is 0 Å². The molecule has 7 nitrogen and oxygen atoms in total. The van der Waals surface area contributed by atoms with Crippen LogP contribution in [0.3, 0.4) is 0 Å². The Kier molecular flexibility index (Phi) is 5.11. The van der Waals surface area contributed by atoms with Gasteiger partial charge in [-0.15, -0.1) is 0 Å². The van der Waals surface area contributed by atoms with Gasteiger partial charge in [0.05, 0.1) is 12.0 Å². The highest BCUT2D eigenvalue weighted by molar-refractivity contribution is 5.78. The molecule has 2 aromatic rings. The second-order valence-corrected chi connectivity index (χ2v) is 6.28. The first-order valence-electron chi connectivity index (χ1n) is 8.34. The number of rotatable bonds is 4. The minimum atomic E-state index is -0.467. The molecular formula is C18H19FN4O3. The van der Waals surface area contributed by atoms with Crippen molar-refractivity contribution in [2.24, 2.45) is 11.7 Å². The molecular weight excluding hydrogens is 339 g/mol. The summed E-state index contributed by atoms with van der Waals surface area (Å²) >= 11 is 0. The molecule has 136 valence electrons. The smallest absolute Gasteiger partial charge is 0.254 e. The van der Waals surface area contributed by atoms with Crippen LogP contribution in [0.5, 0.6) is 0 Å². The van der Waals surface area contributed by atoms with Crippen LogP contribution in [-0.2, 0) is 16.1 Å². The monoisotopic (exact) mass is 358 g/mol. The SMILES string of the molecule is NC(=O)C1CCN(C(=O)Cn2cnc(-c3ccccc3F)cc2=O)CC1. The first-order valence-corrected chi connectivity index (χ1v) is 8.34. The van der Waals surface area contributed by atoms with Crippen LogP contribution in [0.25, 0.3) is 11.3 Å². The van der Waals surface area contributed by atoms with Gasteiger partial charge in [0.1, 0.15) is 12.4 Å². The number of nitrogens with zero attached hydrogens (tertiary/aromatic N) is 3. The minimum absolute atomic E-state index is 0.148. The van der Waals surface area contributed by atoms with E-state index in [1.807, 2.05) is 0 Å². The van der Waals surface area contributed by atoms with Crippen LogP contribution in [0, 0.1) is 11.7 Å². The fraction of sp³-hybridized carbons (Fsp3) is 0.333. The van der Waals surface area contributed by atoms with Gasteiger partial charge in [0.25, 0.3) is 5.56 Å². The first kappa shape index (κ1) is 17.8. The standard InChI is InChI=1S/C18H19FN4O3/c19-14-4-2-1-3-13(14)15-9-16(24)23(11-21-15)10-17(25)22-7-5-12(6-8-22)18(20)26/h1-4,9,11-12H,5-8,10H2,(H2,20,26). The van der Waals surface area contributed by atoms with Crippen LogP contribution in [0.15, 0.2) is 41.5 Å². The molecule has 0 unspecified atom stereocenters. The number of likely N-dealkylation sites (tertiary alicyclic amines) is 1. The Morgan fingerprint density at radius 1 is 1.23 bits per heavy atom. The number of carbonyl (C=O) groups excluding carboxylic acids is 2. The number of primary amides is 1. The average molecular weight is 358 g/mol. The maximum Gasteiger partial charge on any atom is 0.254 e. The van der Waals surface area contributed by atoms with Crippen LogP contribution in [0.1, 0.15) is 12.8 Å². The quantitative estimate of drug-likeness (QED) is 0.873. The summed E-state index contributed by atoms with van der Waals surface area (Å²) in [4.78, 5) is 41.5. The van der Waals surface area contributed by atoms with Crippen molar-refractivity contribution in [1.29, 1.82) is 0 Å². The van der Waals surface area contributed by atoms with Crippen molar-refractivity contribution in [3.63, 3.8) is 0 Å². The van der Waals surface area contributed by atoms with Gasteiger partial charge in [0.15, 0.2) is 0 Å². The minimum Gasteiger partial charge on any atom is -0.369 e. The molecule has 2 heterocycles. The lowest BCUT2D eigenvalue weighted by atomic mass is 9.96. The molecule has 1 saturated heterocycles. The number of halogens is 1. The highest BCUT2D eigenvalue weighted by Gasteiger charge is 2.26. The van der Waals surface area contributed by atoms with Crippen LogP contribution in [0.4, 0.5) is 4.39 Å². The molecule has 1 aliphatic heterocycles. The molecule has 0 atom stereocenters. The van der Waals surface area contributed by atoms with Crippen LogP contribution in [0.2, 0.25) is 0 Å². The number of nitrogens with two attached hydrogens (primary N) is 1. The fourth-order valence-electron chi connectivity index (χ4n) is 3.02. The maximum atomic E-state index is 13.8.